The molecule has 8 heteroatoms. The van der Waals surface area contributed by atoms with Gasteiger partial charge in [0.2, 0.25) is 11.8 Å². The zero-order chi connectivity index (χ0) is 26.1. The molecule has 0 saturated carbocycles. The van der Waals surface area contributed by atoms with E-state index in [0.29, 0.717) is 34.5 Å². The van der Waals surface area contributed by atoms with Crippen LogP contribution in [0, 0.1) is 27.7 Å². The van der Waals surface area contributed by atoms with Gasteiger partial charge < -0.3 is 15.2 Å². The molecule has 0 fully saturated rings. The monoisotopic (exact) mass is 512 g/mol. The molecule has 5 rings (SSSR count). The molecule has 0 spiro atoms. The predicted molar refractivity (Wildman–Crippen MR) is 145 cm³/mol. The SMILES string of the molecule is Cc1ccc(-c2nc3c(c(SCC(=O)Nc4c(C)cccc4C)n2)Cc2c(CO)cnc(C)c2O3)cc1. The first-order chi connectivity index (χ1) is 17.8. The summed E-state index contributed by atoms with van der Waals surface area (Å²) in [6.07, 6.45) is 2.16. The standard InChI is InChI=1S/C29H28N4O3S/c1-16-8-10-20(11-9-16)27-32-28-23(12-22-21(14-34)13-30-19(4)26(22)36-28)29(33-27)37-15-24(35)31-25-17(2)6-5-7-18(25)3/h5-11,13,34H,12,14-15H2,1-4H3,(H,31,35). The van der Waals surface area contributed by atoms with E-state index in [1.54, 1.807) is 6.20 Å². The van der Waals surface area contributed by atoms with E-state index in [0.717, 1.165) is 44.8 Å². The summed E-state index contributed by atoms with van der Waals surface area (Å²) < 4.78 is 6.27. The van der Waals surface area contributed by atoms with E-state index in [1.165, 1.54) is 11.8 Å². The Kier molecular flexibility index (Phi) is 6.95. The van der Waals surface area contributed by atoms with Gasteiger partial charge in [0.05, 0.1) is 23.6 Å². The van der Waals surface area contributed by atoms with Crippen molar-refractivity contribution in [2.75, 3.05) is 11.1 Å². The number of nitrogens with zero attached hydrogens (tertiary/aromatic N) is 3. The van der Waals surface area contributed by atoms with Gasteiger partial charge in [-0.25, -0.2) is 4.98 Å². The molecule has 2 aromatic heterocycles. The van der Waals surface area contributed by atoms with Crippen LogP contribution in [0.2, 0.25) is 0 Å². The summed E-state index contributed by atoms with van der Waals surface area (Å²) >= 11 is 1.36. The molecule has 0 atom stereocenters. The molecule has 2 N–H and O–H groups in total. The van der Waals surface area contributed by atoms with E-state index in [-0.39, 0.29) is 18.3 Å². The molecule has 0 radical (unpaired) electrons. The molecule has 4 aromatic rings. The molecule has 0 bridgehead atoms. The Bertz CT molecular complexity index is 1480. The van der Waals surface area contributed by atoms with Gasteiger partial charge in [-0.2, -0.15) is 4.98 Å². The van der Waals surface area contributed by atoms with Gasteiger partial charge in [-0.15, -0.1) is 0 Å². The Hall–Kier alpha value is -3.75. The summed E-state index contributed by atoms with van der Waals surface area (Å²) in [4.78, 5) is 26.9. The van der Waals surface area contributed by atoms with E-state index in [4.69, 9.17) is 14.7 Å². The number of fused-ring (bicyclic) bond motifs is 2. The number of carbonyl (C=O) groups is 1. The highest BCUT2D eigenvalue weighted by Gasteiger charge is 2.28. The minimum absolute atomic E-state index is 0.111. The van der Waals surface area contributed by atoms with Crippen LogP contribution in [-0.4, -0.2) is 31.7 Å². The summed E-state index contributed by atoms with van der Waals surface area (Å²) in [7, 11) is 0. The number of nitrogens with one attached hydrogen (secondary N) is 1. The molecular weight excluding hydrogens is 484 g/mol. The average molecular weight is 513 g/mol. The van der Waals surface area contributed by atoms with Gasteiger partial charge in [0.25, 0.3) is 0 Å². The Labute approximate surface area is 220 Å². The topological polar surface area (TPSA) is 97.2 Å². The summed E-state index contributed by atoms with van der Waals surface area (Å²) in [5.41, 5.74) is 7.99. The molecule has 0 unspecified atom stereocenters. The zero-order valence-corrected chi connectivity index (χ0v) is 22.1. The van der Waals surface area contributed by atoms with Crippen LogP contribution in [0.1, 0.15) is 39.1 Å². The predicted octanol–water partition coefficient (Wildman–Crippen LogP) is 5.69. The summed E-state index contributed by atoms with van der Waals surface area (Å²) in [6.45, 7) is 7.73. The largest absolute Gasteiger partial charge is 0.436 e. The van der Waals surface area contributed by atoms with Gasteiger partial charge in [0.15, 0.2) is 11.6 Å². The molecule has 37 heavy (non-hydrogen) atoms. The quantitative estimate of drug-likeness (QED) is 0.223. The fourth-order valence-corrected chi connectivity index (χ4v) is 5.19. The molecule has 0 aliphatic carbocycles. The fourth-order valence-electron chi connectivity index (χ4n) is 4.37. The first-order valence-electron chi connectivity index (χ1n) is 12.1. The molecule has 7 nitrogen and oxygen atoms in total. The zero-order valence-electron chi connectivity index (χ0n) is 21.3. The lowest BCUT2D eigenvalue weighted by Gasteiger charge is -2.24. The maximum atomic E-state index is 12.9. The number of aliphatic hydroxyl groups excluding tert-OH is 1. The molecule has 1 amide bonds. The Morgan fingerprint density at radius 2 is 1.76 bits per heavy atom. The van der Waals surface area contributed by atoms with Crippen LogP contribution in [0.3, 0.4) is 0 Å². The number of aliphatic hydroxyl groups is 1. The van der Waals surface area contributed by atoms with Gasteiger partial charge in [-0.3, -0.25) is 9.78 Å². The molecule has 188 valence electrons. The highest BCUT2D eigenvalue weighted by Crippen LogP contribution is 2.42. The number of aryl methyl sites for hydroxylation is 4. The van der Waals surface area contributed by atoms with Crippen LogP contribution in [-0.2, 0) is 17.8 Å². The number of aromatic nitrogens is 3. The van der Waals surface area contributed by atoms with Gasteiger partial charge in [0.1, 0.15) is 5.03 Å². The number of hydrogen-bond donors (Lipinski definition) is 2. The third-order valence-corrected chi connectivity index (χ3v) is 7.47. The normalized spacial score (nSPS) is 11.9. The minimum Gasteiger partial charge on any atom is -0.436 e. The van der Waals surface area contributed by atoms with Crippen LogP contribution < -0.4 is 10.1 Å². The minimum atomic E-state index is -0.142. The van der Waals surface area contributed by atoms with Crippen molar-refractivity contribution in [1.29, 1.82) is 0 Å². The van der Waals surface area contributed by atoms with Crippen molar-refractivity contribution in [2.24, 2.45) is 0 Å². The number of anilines is 1. The lowest BCUT2D eigenvalue weighted by atomic mass is 9.99. The number of para-hydroxylation sites is 1. The Morgan fingerprint density at radius 3 is 2.46 bits per heavy atom. The highest BCUT2D eigenvalue weighted by atomic mass is 32.2. The maximum Gasteiger partial charge on any atom is 0.234 e. The number of hydrogen-bond acceptors (Lipinski definition) is 7. The van der Waals surface area contributed by atoms with Crippen molar-refractivity contribution in [2.45, 2.75) is 45.7 Å². The molecule has 0 saturated heterocycles. The van der Waals surface area contributed by atoms with Crippen molar-refractivity contribution in [1.82, 2.24) is 15.0 Å². The smallest absolute Gasteiger partial charge is 0.234 e. The second-order valence-corrected chi connectivity index (χ2v) is 10.2. The van der Waals surface area contributed by atoms with E-state index < -0.39 is 0 Å². The number of amides is 1. The summed E-state index contributed by atoms with van der Waals surface area (Å²) in [5.74, 6) is 1.68. The van der Waals surface area contributed by atoms with E-state index in [1.807, 2.05) is 70.2 Å². The van der Waals surface area contributed by atoms with Crippen LogP contribution in [0.15, 0.2) is 53.7 Å². The first kappa shape index (κ1) is 24.9. The van der Waals surface area contributed by atoms with Crippen LogP contribution >= 0.6 is 11.8 Å². The Morgan fingerprint density at radius 1 is 1.03 bits per heavy atom. The van der Waals surface area contributed by atoms with Crippen LogP contribution in [0.25, 0.3) is 11.4 Å². The second-order valence-electron chi connectivity index (χ2n) is 9.22. The van der Waals surface area contributed by atoms with Crippen LogP contribution in [0.5, 0.6) is 11.6 Å². The lowest BCUT2D eigenvalue weighted by Crippen LogP contribution is -2.17. The number of rotatable bonds is 6. The highest BCUT2D eigenvalue weighted by molar-refractivity contribution is 8.00. The molecule has 1 aliphatic rings. The third-order valence-electron chi connectivity index (χ3n) is 6.45. The maximum absolute atomic E-state index is 12.9. The van der Waals surface area contributed by atoms with Crippen molar-refractivity contribution in [3.05, 3.63) is 87.7 Å². The fraction of sp³-hybridized carbons (Fsp3) is 0.241. The molecule has 2 aromatic carbocycles. The third kappa shape index (κ3) is 5.08. The van der Waals surface area contributed by atoms with E-state index in [9.17, 15) is 9.90 Å². The first-order valence-corrected chi connectivity index (χ1v) is 13.1. The number of ether oxygens (including phenoxy) is 1. The summed E-state index contributed by atoms with van der Waals surface area (Å²) in [5, 5.41) is 13.6. The van der Waals surface area contributed by atoms with Gasteiger partial charge in [-0.05, 0) is 38.8 Å². The number of thioether (sulfide) groups is 1. The van der Waals surface area contributed by atoms with E-state index in [2.05, 4.69) is 10.3 Å². The number of pyridine rings is 1. The van der Waals surface area contributed by atoms with Gasteiger partial charge >= 0.3 is 0 Å². The van der Waals surface area contributed by atoms with Crippen molar-refractivity contribution >= 4 is 23.4 Å². The van der Waals surface area contributed by atoms with E-state index >= 15 is 0 Å². The lowest BCUT2D eigenvalue weighted by molar-refractivity contribution is -0.113. The summed E-state index contributed by atoms with van der Waals surface area (Å²) in [6, 6.07) is 13.9. The Balaban J connectivity index is 1.50. The van der Waals surface area contributed by atoms with Crippen molar-refractivity contribution in [3.63, 3.8) is 0 Å². The number of carbonyl (C=O) groups excluding carboxylic acids is 1. The second kappa shape index (κ2) is 10.3. The van der Waals surface area contributed by atoms with Crippen molar-refractivity contribution in [3.8, 4) is 23.0 Å². The van der Waals surface area contributed by atoms with Gasteiger partial charge in [0, 0.05) is 35.0 Å². The molecular formula is C29H28N4O3S. The molecule has 1 aliphatic heterocycles. The number of benzene rings is 2. The molecule has 3 heterocycles. The average Bonchev–Trinajstić information content (AvgIpc) is 2.89. The van der Waals surface area contributed by atoms with Crippen molar-refractivity contribution < 1.29 is 14.6 Å². The van der Waals surface area contributed by atoms with Gasteiger partial charge in [-0.1, -0.05) is 59.8 Å². The van der Waals surface area contributed by atoms with Crippen LogP contribution in [0.4, 0.5) is 5.69 Å².